The maximum absolute atomic E-state index is 13.5. The van der Waals surface area contributed by atoms with E-state index >= 15 is 0 Å². The summed E-state index contributed by atoms with van der Waals surface area (Å²) in [5, 5.41) is 0. The zero-order valence-electron chi connectivity index (χ0n) is 13.2. The van der Waals surface area contributed by atoms with Gasteiger partial charge >= 0.3 is 0 Å². The van der Waals surface area contributed by atoms with Crippen LogP contribution in [0.2, 0.25) is 0 Å². The number of aryl methyl sites for hydroxylation is 1. The lowest BCUT2D eigenvalue weighted by molar-refractivity contribution is 0.508. The summed E-state index contributed by atoms with van der Waals surface area (Å²) in [5.41, 5.74) is 4.19. The summed E-state index contributed by atoms with van der Waals surface area (Å²) in [6, 6.07) is 12.5. The van der Waals surface area contributed by atoms with Crippen molar-refractivity contribution in [2.45, 2.75) is 39.5 Å². The van der Waals surface area contributed by atoms with Crippen molar-refractivity contribution in [3.63, 3.8) is 0 Å². The Balaban J connectivity index is 2.31. The molecule has 0 atom stereocenters. The number of allylic oxidation sites excluding steroid dienone is 1. The Morgan fingerprint density at radius 1 is 0.909 bits per heavy atom. The minimum atomic E-state index is -0.802. The molecule has 0 unspecified atom stereocenters. The lowest BCUT2D eigenvalue weighted by Gasteiger charge is -2.08. The highest BCUT2D eigenvalue weighted by atomic mass is 19.2. The second-order valence-electron chi connectivity index (χ2n) is 5.54. The van der Waals surface area contributed by atoms with E-state index in [0.29, 0.717) is 0 Å². The Morgan fingerprint density at radius 3 is 2.23 bits per heavy atom. The zero-order valence-corrected chi connectivity index (χ0v) is 13.2. The van der Waals surface area contributed by atoms with E-state index in [4.69, 9.17) is 0 Å². The quantitative estimate of drug-likeness (QED) is 0.552. The van der Waals surface area contributed by atoms with Gasteiger partial charge in [-0.15, -0.1) is 0 Å². The summed E-state index contributed by atoms with van der Waals surface area (Å²) in [5.74, 6) is -1.60. The zero-order chi connectivity index (χ0) is 15.9. The van der Waals surface area contributed by atoms with Gasteiger partial charge in [0.25, 0.3) is 0 Å². The monoisotopic (exact) mass is 300 g/mol. The molecule has 0 spiro atoms. The average Bonchev–Trinajstić information content (AvgIpc) is 2.52. The first kappa shape index (κ1) is 16.4. The molecule has 0 aromatic heterocycles. The van der Waals surface area contributed by atoms with Crippen LogP contribution in [0.1, 0.15) is 49.8 Å². The molecule has 0 amide bonds. The van der Waals surface area contributed by atoms with E-state index in [9.17, 15) is 8.78 Å². The van der Waals surface area contributed by atoms with Crippen LogP contribution in [-0.4, -0.2) is 0 Å². The lowest BCUT2D eigenvalue weighted by Crippen LogP contribution is -1.90. The van der Waals surface area contributed by atoms with Gasteiger partial charge in [0.1, 0.15) is 0 Å². The van der Waals surface area contributed by atoms with Crippen LogP contribution in [-0.2, 0) is 6.42 Å². The Morgan fingerprint density at radius 2 is 1.64 bits per heavy atom. The van der Waals surface area contributed by atoms with Gasteiger partial charge in [-0.1, -0.05) is 63.1 Å². The maximum Gasteiger partial charge on any atom is 0.159 e. The summed E-state index contributed by atoms with van der Waals surface area (Å²) in [7, 11) is 0. The molecule has 2 aromatic rings. The molecule has 0 nitrogen and oxygen atoms in total. The summed E-state index contributed by atoms with van der Waals surface area (Å²) < 4.78 is 26.6. The fourth-order valence-corrected chi connectivity index (χ4v) is 2.54. The number of benzene rings is 2. The fraction of sp³-hybridized carbons (Fsp3) is 0.300. The fourth-order valence-electron chi connectivity index (χ4n) is 2.54. The van der Waals surface area contributed by atoms with Gasteiger partial charge in [0.2, 0.25) is 0 Å². The molecule has 0 fully saturated rings. The van der Waals surface area contributed by atoms with Gasteiger partial charge in [0.15, 0.2) is 11.6 Å². The van der Waals surface area contributed by atoms with Gasteiger partial charge in [0.05, 0.1) is 0 Å². The lowest BCUT2D eigenvalue weighted by atomic mass is 9.98. The van der Waals surface area contributed by atoms with Crippen LogP contribution in [0.3, 0.4) is 0 Å². The normalized spacial score (nSPS) is 11.7. The highest BCUT2D eigenvalue weighted by Gasteiger charge is 2.06. The highest BCUT2D eigenvalue weighted by molar-refractivity contribution is 5.81. The SMILES string of the molecule is CCCC(=Cc1ccc(CCC)cc1)c1ccc(F)c(F)c1. The predicted octanol–water partition coefficient (Wildman–Crippen LogP) is 6.26. The van der Waals surface area contributed by atoms with Crippen LogP contribution in [0.5, 0.6) is 0 Å². The van der Waals surface area contributed by atoms with Gasteiger partial charge in [-0.2, -0.15) is 0 Å². The number of hydrogen-bond donors (Lipinski definition) is 0. The molecule has 0 aliphatic rings. The van der Waals surface area contributed by atoms with Crippen molar-refractivity contribution in [2.24, 2.45) is 0 Å². The van der Waals surface area contributed by atoms with Crippen molar-refractivity contribution in [3.05, 3.63) is 70.8 Å². The van der Waals surface area contributed by atoms with E-state index in [1.807, 2.05) is 0 Å². The van der Waals surface area contributed by atoms with Crippen LogP contribution in [0, 0.1) is 11.6 Å². The summed E-state index contributed by atoms with van der Waals surface area (Å²) in [6.07, 6.45) is 6.06. The van der Waals surface area contributed by atoms with Gasteiger partial charge in [-0.3, -0.25) is 0 Å². The number of hydrogen-bond acceptors (Lipinski definition) is 0. The van der Waals surface area contributed by atoms with E-state index in [1.165, 1.54) is 17.7 Å². The first-order chi connectivity index (χ1) is 10.6. The molecule has 0 aliphatic heterocycles. The second-order valence-corrected chi connectivity index (χ2v) is 5.54. The van der Waals surface area contributed by atoms with Crippen molar-refractivity contribution >= 4 is 11.6 Å². The number of halogens is 2. The van der Waals surface area contributed by atoms with Gasteiger partial charge < -0.3 is 0 Å². The van der Waals surface area contributed by atoms with Crippen molar-refractivity contribution in [1.29, 1.82) is 0 Å². The minimum Gasteiger partial charge on any atom is -0.204 e. The predicted molar refractivity (Wildman–Crippen MR) is 89.6 cm³/mol. The van der Waals surface area contributed by atoms with Gasteiger partial charge in [-0.05, 0) is 47.2 Å². The van der Waals surface area contributed by atoms with Crippen molar-refractivity contribution in [2.75, 3.05) is 0 Å². The molecular formula is C20H22F2. The molecule has 0 radical (unpaired) electrons. The Bertz CT molecular complexity index is 639. The van der Waals surface area contributed by atoms with Gasteiger partial charge in [0, 0.05) is 0 Å². The topological polar surface area (TPSA) is 0 Å². The Labute approximate surface area is 131 Å². The molecule has 0 aliphatic carbocycles. The van der Waals surface area contributed by atoms with E-state index in [2.05, 4.69) is 44.2 Å². The van der Waals surface area contributed by atoms with E-state index < -0.39 is 11.6 Å². The summed E-state index contributed by atoms with van der Waals surface area (Å²) >= 11 is 0. The smallest absolute Gasteiger partial charge is 0.159 e. The van der Waals surface area contributed by atoms with Crippen LogP contribution in [0.25, 0.3) is 11.6 Å². The molecule has 2 aromatic carbocycles. The molecule has 2 rings (SSSR count). The van der Waals surface area contributed by atoms with Crippen molar-refractivity contribution in [1.82, 2.24) is 0 Å². The highest BCUT2D eigenvalue weighted by Crippen LogP contribution is 2.25. The summed E-state index contributed by atoms with van der Waals surface area (Å²) in [4.78, 5) is 0. The average molecular weight is 300 g/mol. The third kappa shape index (κ3) is 4.27. The minimum absolute atomic E-state index is 0.749. The summed E-state index contributed by atoms with van der Waals surface area (Å²) in [6.45, 7) is 4.24. The van der Waals surface area contributed by atoms with Crippen LogP contribution >= 0.6 is 0 Å². The third-order valence-corrected chi connectivity index (χ3v) is 3.67. The van der Waals surface area contributed by atoms with E-state index in [0.717, 1.165) is 42.4 Å². The van der Waals surface area contributed by atoms with E-state index in [-0.39, 0.29) is 0 Å². The van der Waals surface area contributed by atoms with E-state index in [1.54, 1.807) is 6.07 Å². The van der Waals surface area contributed by atoms with Crippen LogP contribution in [0.4, 0.5) is 8.78 Å². The molecule has 2 heteroatoms. The number of rotatable bonds is 6. The first-order valence-electron chi connectivity index (χ1n) is 7.89. The molecule has 22 heavy (non-hydrogen) atoms. The Kier molecular flexibility index (Phi) is 5.88. The van der Waals surface area contributed by atoms with Crippen molar-refractivity contribution in [3.8, 4) is 0 Å². The first-order valence-corrected chi connectivity index (χ1v) is 7.89. The van der Waals surface area contributed by atoms with Crippen molar-refractivity contribution < 1.29 is 8.78 Å². The molecule has 0 N–H and O–H groups in total. The van der Waals surface area contributed by atoms with Gasteiger partial charge in [-0.25, -0.2) is 8.78 Å². The molecule has 0 bridgehead atoms. The standard InChI is InChI=1S/C20H22F2/c1-3-5-15-7-9-16(10-8-15)13-17(6-4-2)18-11-12-19(21)20(22)14-18/h7-14H,3-6H2,1-2H3. The third-order valence-electron chi connectivity index (χ3n) is 3.67. The van der Waals surface area contributed by atoms with Crippen LogP contribution in [0.15, 0.2) is 42.5 Å². The molecule has 0 heterocycles. The van der Waals surface area contributed by atoms with Crippen LogP contribution < -0.4 is 0 Å². The molecule has 0 saturated heterocycles. The second kappa shape index (κ2) is 7.88. The molecular weight excluding hydrogens is 278 g/mol. The largest absolute Gasteiger partial charge is 0.204 e. The Hall–Kier alpha value is -1.96. The maximum atomic E-state index is 13.5. The molecule has 116 valence electrons. The molecule has 0 saturated carbocycles.